The van der Waals surface area contributed by atoms with E-state index in [1.807, 2.05) is 0 Å². The van der Waals surface area contributed by atoms with E-state index in [2.05, 4.69) is 23.4 Å². The number of anilines is 1. The molecule has 0 saturated carbocycles. The quantitative estimate of drug-likeness (QED) is 0.223. The fraction of sp³-hybridized carbons (Fsp3) is 0.545. The first kappa shape index (κ1) is 25.9. The Bertz CT molecular complexity index is 1020. The smallest absolute Gasteiger partial charge is 0.390 e. The summed E-state index contributed by atoms with van der Waals surface area (Å²) in [5.74, 6) is -0.472. The first-order valence-corrected chi connectivity index (χ1v) is 12.6. The molecule has 17 nitrogen and oxygen atoms in total. The summed E-state index contributed by atoms with van der Waals surface area (Å²) in [6.45, 7) is 0.333. The second-order valence-corrected chi connectivity index (χ2v) is 10.4. The van der Waals surface area contributed by atoms with Gasteiger partial charge in [0.2, 0.25) is 5.91 Å². The third-order valence-electron chi connectivity index (χ3n) is 3.47. The summed E-state index contributed by atoms with van der Waals surface area (Å²) in [7, 11) is -16.6. The normalized spacial score (nSPS) is 25.5. The average molecular weight is 509 g/mol. The van der Waals surface area contributed by atoms with Crippen molar-refractivity contribution >= 4 is 35.2 Å². The van der Waals surface area contributed by atoms with E-state index in [1.54, 1.807) is 0 Å². The van der Waals surface area contributed by atoms with Gasteiger partial charge in [0.15, 0.2) is 0 Å². The fourth-order valence-corrected chi connectivity index (χ4v) is 5.42. The van der Waals surface area contributed by atoms with Gasteiger partial charge in [0, 0.05) is 19.5 Å². The van der Waals surface area contributed by atoms with Gasteiger partial charge in [0.05, 0.1) is 12.7 Å². The van der Waals surface area contributed by atoms with Gasteiger partial charge in [-0.15, -0.1) is 0 Å². The van der Waals surface area contributed by atoms with Crippen LogP contribution in [0.1, 0.15) is 19.6 Å². The number of hydrogen-bond donors (Lipinski definition) is 6. The summed E-state index contributed by atoms with van der Waals surface area (Å²) in [4.78, 5) is 62.1. The Balaban J connectivity index is 2.00. The molecule has 20 heteroatoms. The number of amides is 1. The van der Waals surface area contributed by atoms with Crippen LogP contribution in [0.2, 0.25) is 0 Å². The minimum Gasteiger partial charge on any atom is -0.390 e. The molecule has 1 aromatic heterocycles. The van der Waals surface area contributed by atoms with E-state index >= 15 is 0 Å². The van der Waals surface area contributed by atoms with Crippen LogP contribution in [0, 0.1) is 0 Å². The molecule has 1 saturated heterocycles. The second kappa shape index (κ2) is 9.67. The topological polar surface area (TPSA) is 253 Å². The summed E-state index contributed by atoms with van der Waals surface area (Å²) in [6.07, 6.45) is -2.65. The van der Waals surface area contributed by atoms with Crippen molar-refractivity contribution in [2.45, 2.75) is 31.8 Å². The number of carbonyl (C=O) groups is 1. The van der Waals surface area contributed by atoms with E-state index < -0.39 is 60.1 Å². The highest BCUT2D eigenvalue weighted by Gasteiger charge is 2.42. The molecule has 176 valence electrons. The molecule has 31 heavy (non-hydrogen) atoms. The number of aliphatic hydroxyl groups is 1. The summed E-state index contributed by atoms with van der Waals surface area (Å²) < 4.78 is 51.4. The summed E-state index contributed by atoms with van der Waals surface area (Å²) in [5, 5.41) is 12.3. The Hall–Kier alpha value is -1.32. The number of nitrogens with one attached hydrogen (secondary N) is 1. The van der Waals surface area contributed by atoms with Crippen molar-refractivity contribution in [2.75, 3.05) is 11.9 Å². The molecular weight excluding hydrogens is 491 g/mol. The van der Waals surface area contributed by atoms with Gasteiger partial charge in [0.25, 0.3) is 0 Å². The maximum Gasteiger partial charge on any atom is 0.490 e. The van der Waals surface area contributed by atoms with Crippen LogP contribution in [0.5, 0.6) is 0 Å². The lowest BCUT2D eigenvalue weighted by Gasteiger charge is -2.19. The number of rotatable bonds is 9. The van der Waals surface area contributed by atoms with Gasteiger partial charge in [0.1, 0.15) is 18.1 Å². The van der Waals surface area contributed by atoms with Crippen LogP contribution in [-0.2, 0) is 36.4 Å². The van der Waals surface area contributed by atoms with Crippen LogP contribution in [0.25, 0.3) is 0 Å². The average Bonchev–Trinajstić information content (AvgIpc) is 2.89. The first-order chi connectivity index (χ1) is 14.1. The van der Waals surface area contributed by atoms with E-state index in [1.165, 1.54) is 19.2 Å². The minimum atomic E-state index is -5.68. The van der Waals surface area contributed by atoms with Gasteiger partial charge in [-0.1, -0.05) is 0 Å². The van der Waals surface area contributed by atoms with Crippen molar-refractivity contribution in [1.82, 2.24) is 9.55 Å². The highest BCUT2D eigenvalue weighted by atomic mass is 31.3. The Morgan fingerprint density at radius 3 is 2.45 bits per heavy atom. The molecule has 1 amide bonds. The predicted molar refractivity (Wildman–Crippen MR) is 97.2 cm³/mol. The van der Waals surface area contributed by atoms with Crippen molar-refractivity contribution in [2.24, 2.45) is 0 Å². The van der Waals surface area contributed by atoms with Crippen LogP contribution in [0.4, 0.5) is 5.82 Å². The minimum absolute atomic E-state index is 0.0171. The lowest BCUT2D eigenvalue weighted by molar-refractivity contribution is -0.114. The zero-order valence-corrected chi connectivity index (χ0v) is 18.1. The Kier molecular flexibility index (Phi) is 8.09. The van der Waals surface area contributed by atoms with Gasteiger partial charge in [-0.2, -0.15) is 13.6 Å². The maximum atomic E-state index is 12.1. The Morgan fingerprint density at radius 2 is 1.90 bits per heavy atom. The van der Waals surface area contributed by atoms with Crippen LogP contribution < -0.4 is 11.0 Å². The van der Waals surface area contributed by atoms with E-state index in [4.69, 9.17) is 19.4 Å². The Morgan fingerprint density at radius 1 is 1.26 bits per heavy atom. The van der Waals surface area contributed by atoms with Crippen molar-refractivity contribution in [3.8, 4) is 0 Å². The number of nitrogens with zero attached hydrogens (tertiary/aromatic N) is 2. The van der Waals surface area contributed by atoms with Crippen molar-refractivity contribution in [3.63, 3.8) is 0 Å². The van der Waals surface area contributed by atoms with E-state index in [9.17, 15) is 33.3 Å². The third kappa shape index (κ3) is 8.27. The highest BCUT2D eigenvalue weighted by molar-refractivity contribution is 7.66. The predicted octanol–water partition coefficient (Wildman–Crippen LogP) is -0.807. The highest BCUT2D eigenvalue weighted by Crippen LogP contribution is 2.66. The lowest BCUT2D eigenvalue weighted by Crippen LogP contribution is -2.28. The molecule has 2 rings (SSSR count). The summed E-state index contributed by atoms with van der Waals surface area (Å²) >= 11 is 0. The molecule has 1 fully saturated rings. The van der Waals surface area contributed by atoms with Crippen LogP contribution >= 0.6 is 23.5 Å². The van der Waals surface area contributed by atoms with Crippen molar-refractivity contribution in [3.05, 3.63) is 22.7 Å². The standard InChI is InChI=1S/C11H18N3O14P3/c1-6(15)12-9-2-3-14(11(17)13-9)10-4-7(16)8(26-10)5-25-30(21,22)28-31(23,24)27-29(18,19)20/h2-3,7-8,10,16H,4-5H2,1H3,(H,21,22)(H,23,24)(H2,18,19,20)(H,12,13,15,17)/t7-,8-,10-/m1/s1. The van der Waals surface area contributed by atoms with E-state index in [0.717, 1.165) is 4.57 Å². The molecule has 5 atom stereocenters. The fourth-order valence-electron chi connectivity index (χ4n) is 2.39. The summed E-state index contributed by atoms with van der Waals surface area (Å²) in [5.41, 5.74) is -0.836. The zero-order valence-electron chi connectivity index (χ0n) is 15.4. The van der Waals surface area contributed by atoms with Crippen LogP contribution in [0.3, 0.4) is 0 Å². The van der Waals surface area contributed by atoms with E-state index in [-0.39, 0.29) is 12.2 Å². The molecule has 1 aliphatic heterocycles. The molecule has 0 bridgehead atoms. The molecule has 0 spiro atoms. The second-order valence-electron chi connectivity index (χ2n) is 6.00. The van der Waals surface area contributed by atoms with Gasteiger partial charge in [-0.3, -0.25) is 13.9 Å². The molecule has 0 aromatic carbocycles. The van der Waals surface area contributed by atoms with Crippen LogP contribution in [-0.4, -0.2) is 59.0 Å². The maximum absolute atomic E-state index is 12.1. The molecule has 2 unspecified atom stereocenters. The lowest BCUT2D eigenvalue weighted by atomic mass is 10.2. The van der Waals surface area contributed by atoms with Crippen molar-refractivity contribution in [1.29, 1.82) is 0 Å². The Labute approximate surface area is 173 Å². The SMILES string of the molecule is CC(=O)Nc1ccn([C@H]2C[C@@H](O)[C@@H](COP(=O)(O)OP(=O)(O)OP(=O)(O)O)O2)c(=O)n1. The summed E-state index contributed by atoms with van der Waals surface area (Å²) in [6, 6.07) is 1.29. The van der Waals surface area contributed by atoms with Crippen molar-refractivity contribution < 1.29 is 61.1 Å². The number of aromatic nitrogens is 2. The molecule has 0 aliphatic carbocycles. The number of carbonyl (C=O) groups excluding carboxylic acids is 1. The van der Waals surface area contributed by atoms with Gasteiger partial charge in [-0.05, 0) is 6.07 Å². The molecule has 0 radical (unpaired) electrons. The molecule has 1 aromatic rings. The van der Waals surface area contributed by atoms with Gasteiger partial charge in [-0.25, -0.2) is 18.5 Å². The molecule has 1 aliphatic rings. The molecule has 2 heterocycles. The first-order valence-electron chi connectivity index (χ1n) is 8.05. The monoisotopic (exact) mass is 509 g/mol. The number of hydrogen-bond acceptors (Lipinski definition) is 11. The molecular formula is C11H18N3O14P3. The number of phosphoric ester groups is 1. The largest absolute Gasteiger partial charge is 0.490 e. The molecule has 6 N–H and O–H groups in total. The zero-order chi connectivity index (χ0) is 23.6. The third-order valence-corrected chi connectivity index (χ3v) is 7.27. The number of phosphoric acid groups is 3. The van der Waals surface area contributed by atoms with Gasteiger partial charge < -0.3 is 34.7 Å². The van der Waals surface area contributed by atoms with E-state index in [0.29, 0.717) is 0 Å². The number of ether oxygens (including phenoxy) is 1. The number of aliphatic hydroxyl groups excluding tert-OH is 1. The van der Waals surface area contributed by atoms with Crippen LogP contribution in [0.15, 0.2) is 17.1 Å². The van der Waals surface area contributed by atoms with Gasteiger partial charge >= 0.3 is 29.2 Å².